The Balaban J connectivity index is 2.97. The fourth-order valence-electron chi connectivity index (χ4n) is 4.03. The molecule has 0 heterocycles. The molecule has 29 heavy (non-hydrogen) atoms. The molecule has 0 unspecified atom stereocenters. The van der Waals surface area contributed by atoms with Gasteiger partial charge in [0.1, 0.15) is 0 Å². The van der Waals surface area contributed by atoms with E-state index in [9.17, 15) is 0 Å². The van der Waals surface area contributed by atoms with Gasteiger partial charge >= 0.3 is 0 Å². The number of hydrogen-bond acceptors (Lipinski definition) is 3. The lowest BCUT2D eigenvalue weighted by molar-refractivity contribution is 0.518. The van der Waals surface area contributed by atoms with E-state index in [0.717, 1.165) is 26.2 Å². The van der Waals surface area contributed by atoms with Gasteiger partial charge in [-0.05, 0) is 13.0 Å². The van der Waals surface area contributed by atoms with E-state index in [1.54, 1.807) is 0 Å². The molecule has 0 aliphatic carbocycles. The maximum absolute atomic E-state index is 5.44. The quantitative estimate of drug-likeness (QED) is 0.135. The maximum Gasteiger partial charge on any atom is 0.00772 e. The highest BCUT2D eigenvalue weighted by Gasteiger charge is 1.95. The average Bonchev–Trinajstić information content (AvgIpc) is 2.74. The van der Waals surface area contributed by atoms with Crippen molar-refractivity contribution in [2.45, 2.75) is 135 Å². The van der Waals surface area contributed by atoms with E-state index < -0.39 is 0 Å². The monoisotopic (exact) mass is 411 g/mol. The first-order chi connectivity index (χ1) is 14.4. The summed E-state index contributed by atoms with van der Waals surface area (Å²) in [5, 5.41) is 6.81. The first-order valence-corrected chi connectivity index (χ1v) is 13.5. The molecule has 0 aromatic carbocycles. The van der Waals surface area contributed by atoms with Gasteiger partial charge in [-0.25, -0.2) is 0 Å². The number of rotatable bonds is 26. The smallest absolute Gasteiger partial charge is 0.00772 e. The van der Waals surface area contributed by atoms with E-state index in [1.165, 1.54) is 135 Å². The molecule has 176 valence electrons. The Morgan fingerprint density at radius 1 is 0.379 bits per heavy atom. The minimum atomic E-state index is 0.735. The first kappa shape index (κ1) is 28.9. The fourth-order valence-corrected chi connectivity index (χ4v) is 4.03. The van der Waals surface area contributed by atoms with Crippen LogP contribution in [0.5, 0.6) is 0 Å². The molecule has 4 N–H and O–H groups in total. The SMILES string of the molecule is CCCCCCCCCCCCCCCCCCCCCCNCCNCCN. The van der Waals surface area contributed by atoms with Crippen LogP contribution in [0.2, 0.25) is 0 Å². The molecule has 3 nitrogen and oxygen atoms in total. The molecule has 0 bridgehead atoms. The molecular weight excluding hydrogens is 354 g/mol. The zero-order chi connectivity index (χ0) is 21.1. The van der Waals surface area contributed by atoms with Crippen LogP contribution in [-0.4, -0.2) is 32.7 Å². The third-order valence-electron chi connectivity index (χ3n) is 6.01. The number of unbranched alkanes of at least 4 members (excludes halogenated alkanes) is 19. The lowest BCUT2D eigenvalue weighted by Gasteiger charge is -2.06. The summed E-state index contributed by atoms with van der Waals surface area (Å²) in [7, 11) is 0. The van der Waals surface area contributed by atoms with Gasteiger partial charge in [-0.2, -0.15) is 0 Å². The van der Waals surface area contributed by atoms with E-state index in [-0.39, 0.29) is 0 Å². The predicted molar refractivity (Wildman–Crippen MR) is 133 cm³/mol. The van der Waals surface area contributed by atoms with Gasteiger partial charge in [-0.15, -0.1) is 0 Å². The highest BCUT2D eigenvalue weighted by molar-refractivity contribution is 4.54. The molecule has 0 fully saturated rings. The van der Waals surface area contributed by atoms with Crippen LogP contribution < -0.4 is 16.4 Å². The number of nitrogens with one attached hydrogen (secondary N) is 2. The van der Waals surface area contributed by atoms with E-state index in [2.05, 4.69) is 17.6 Å². The summed E-state index contributed by atoms with van der Waals surface area (Å²) < 4.78 is 0. The molecule has 0 spiro atoms. The van der Waals surface area contributed by atoms with Crippen LogP contribution in [0, 0.1) is 0 Å². The Hall–Kier alpha value is -0.120. The van der Waals surface area contributed by atoms with Gasteiger partial charge < -0.3 is 16.4 Å². The second kappa shape index (κ2) is 27.9. The van der Waals surface area contributed by atoms with E-state index in [0.29, 0.717) is 0 Å². The van der Waals surface area contributed by atoms with Crippen molar-refractivity contribution < 1.29 is 0 Å². The number of hydrogen-bond donors (Lipinski definition) is 3. The van der Waals surface area contributed by atoms with Crippen LogP contribution in [0.3, 0.4) is 0 Å². The van der Waals surface area contributed by atoms with E-state index >= 15 is 0 Å². The third-order valence-corrected chi connectivity index (χ3v) is 6.01. The van der Waals surface area contributed by atoms with Crippen LogP contribution in [0.25, 0.3) is 0 Å². The minimum absolute atomic E-state index is 0.735. The maximum atomic E-state index is 5.44. The molecule has 0 aromatic heterocycles. The Kier molecular flexibility index (Phi) is 27.8. The molecular formula is C26H57N3. The zero-order valence-electron chi connectivity index (χ0n) is 20.3. The van der Waals surface area contributed by atoms with Crippen molar-refractivity contribution in [2.75, 3.05) is 32.7 Å². The largest absolute Gasteiger partial charge is 0.329 e. The normalized spacial score (nSPS) is 11.4. The Labute approximate surface area is 184 Å². The van der Waals surface area contributed by atoms with Crippen LogP contribution in [-0.2, 0) is 0 Å². The fraction of sp³-hybridized carbons (Fsp3) is 1.00. The lowest BCUT2D eigenvalue weighted by Crippen LogP contribution is -2.31. The Morgan fingerprint density at radius 3 is 1.03 bits per heavy atom. The Morgan fingerprint density at radius 2 is 0.690 bits per heavy atom. The second-order valence-corrected chi connectivity index (χ2v) is 9.01. The molecule has 0 saturated carbocycles. The van der Waals surface area contributed by atoms with Crippen molar-refractivity contribution in [3.05, 3.63) is 0 Å². The van der Waals surface area contributed by atoms with Gasteiger partial charge in [0.05, 0.1) is 0 Å². The van der Waals surface area contributed by atoms with Crippen molar-refractivity contribution >= 4 is 0 Å². The lowest BCUT2D eigenvalue weighted by atomic mass is 10.0. The van der Waals surface area contributed by atoms with Crippen molar-refractivity contribution in [3.8, 4) is 0 Å². The van der Waals surface area contributed by atoms with Gasteiger partial charge in [-0.1, -0.05) is 129 Å². The van der Waals surface area contributed by atoms with Crippen molar-refractivity contribution in [3.63, 3.8) is 0 Å². The van der Waals surface area contributed by atoms with Gasteiger partial charge in [0, 0.05) is 26.2 Å². The average molecular weight is 412 g/mol. The summed E-state index contributed by atoms with van der Waals surface area (Å²) >= 11 is 0. The van der Waals surface area contributed by atoms with E-state index in [1.807, 2.05) is 0 Å². The molecule has 0 aromatic rings. The molecule has 0 radical (unpaired) electrons. The molecule has 0 saturated heterocycles. The number of nitrogens with two attached hydrogens (primary N) is 1. The van der Waals surface area contributed by atoms with Crippen LogP contribution >= 0.6 is 0 Å². The topological polar surface area (TPSA) is 50.1 Å². The van der Waals surface area contributed by atoms with Crippen molar-refractivity contribution in [1.82, 2.24) is 10.6 Å². The van der Waals surface area contributed by atoms with Crippen molar-refractivity contribution in [1.29, 1.82) is 0 Å². The minimum Gasteiger partial charge on any atom is -0.329 e. The Bertz CT molecular complexity index is 245. The molecule has 0 amide bonds. The standard InChI is InChI=1S/C26H57N3/c1-2-3-4-5-6-7-8-9-10-11-12-13-14-15-16-17-18-19-20-21-23-28-25-26-29-24-22-27/h28-29H,2-27H2,1H3. The summed E-state index contributed by atoms with van der Waals surface area (Å²) in [6.45, 7) is 7.24. The molecule has 0 atom stereocenters. The van der Waals surface area contributed by atoms with Gasteiger partial charge in [0.25, 0.3) is 0 Å². The molecule has 3 heteroatoms. The highest BCUT2D eigenvalue weighted by Crippen LogP contribution is 2.14. The van der Waals surface area contributed by atoms with Crippen LogP contribution in [0.4, 0.5) is 0 Å². The van der Waals surface area contributed by atoms with Gasteiger partial charge in [-0.3, -0.25) is 0 Å². The summed E-state index contributed by atoms with van der Waals surface area (Å²) in [6.07, 6.45) is 29.0. The predicted octanol–water partition coefficient (Wildman–Crippen LogP) is 6.95. The zero-order valence-corrected chi connectivity index (χ0v) is 20.3. The summed E-state index contributed by atoms with van der Waals surface area (Å²) in [5.41, 5.74) is 5.44. The van der Waals surface area contributed by atoms with Gasteiger partial charge in [0.15, 0.2) is 0 Å². The first-order valence-electron chi connectivity index (χ1n) is 13.5. The second-order valence-electron chi connectivity index (χ2n) is 9.01. The highest BCUT2D eigenvalue weighted by atomic mass is 14.9. The summed E-state index contributed by atoms with van der Waals surface area (Å²) in [4.78, 5) is 0. The van der Waals surface area contributed by atoms with Crippen LogP contribution in [0.1, 0.15) is 135 Å². The molecule has 0 aliphatic rings. The summed E-state index contributed by atoms with van der Waals surface area (Å²) in [6, 6.07) is 0. The third kappa shape index (κ3) is 27.9. The van der Waals surface area contributed by atoms with Crippen molar-refractivity contribution in [2.24, 2.45) is 5.73 Å². The summed E-state index contributed by atoms with van der Waals surface area (Å²) in [5.74, 6) is 0. The van der Waals surface area contributed by atoms with E-state index in [4.69, 9.17) is 5.73 Å². The molecule has 0 rings (SSSR count). The van der Waals surface area contributed by atoms with Gasteiger partial charge in [0.2, 0.25) is 0 Å². The molecule has 0 aliphatic heterocycles. The van der Waals surface area contributed by atoms with Crippen LogP contribution in [0.15, 0.2) is 0 Å².